The molecule has 0 heterocycles. The van der Waals surface area contributed by atoms with E-state index >= 15 is 0 Å². The van der Waals surface area contributed by atoms with Crippen LogP contribution in [-0.4, -0.2) is 17.8 Å². The standard InChI is InChI=1S/C14H21F2NO/c1-3-5-14(17-9-11(18)4-2)12-7-6-10(15)8-13(12)16/h6-8,11,14,17-18H,3-5,9H2,1-2H3/t11-,14?/m1/s1. The molecule has 0 radical (unpaired) electrons. The number of hydrogen-bond acceptors (Lipinski definition) is 2. The van der Waals surface area contributed by atoms with Crippen molar-refractivity contribution in [2.75, 3.05) is 6.54 Å². The lowest BCUT2D eigenvalue weighted by Crippen LogP contribution is -2.30. The summed E-state index contributed by atoms with van der Waals surface area (Å²) in [5.74, 6) is -1.10. The van der Waals surface area contributed by atoms with Crippen LogP contribution < -0.4 is 5.32 Å². The molecule has 0 fully saturated rings. The first-order valence-electron chi connectivity index (χ1n) is 6.44. The molecule has 1 aromatic rings. The Balaban J connectivity index is 2.76. The summed E-state index contributed by atoms with van der Waals surface area (Å²) in [5.41, 5.74) is 0.460. The minimum absolute atomic E-state index is 0.184. The van der Waals surface area contributed by atoms with Crippen LogP contribution in [0.3, 0.4) is 0 Å². The summed E-state index contributed by atoms with van der Waals surface area (Å²) in [5, 5.41) is 12.7. The van der Waals surface area contributed by atoms with Gasteiger partial charge in [0.2, 0.25) is 0 Å². The Labute approximate surface area is 107 Å². The first kappa shape index (κ1) is 15.1. The molecule has 18 heavy (non-hydrogen) atoms. The minimum Gasteiger partial charge on any atom is -0.392 e. The van der Waals surface area contributed by atoms with Gasteiger partial charge in [-0.05, 0) is 18.9 Å². The van der Waals surface area contributed by atoms with E-state index in [0.717, 1.165) is 18.9 Å². The van der Waals surface area contributed by atoms with Gasteiger partial charge in [-0.2, -0.15) is 0 Å². The average Bonchev–Trinajstić information content (AvgIpc) is 2.34. The van der Waals surface area contributed by atoms with E-state index in [1.165, 1.54) is 12.1 Å². The number of benzene rings is 1. The quantitative estimate of drug-likeness (QED) is 0.786. The summed E-state index contributed by atoms with van der Waals surface area (Å²) in [6.07, 6.45) is 1.85. The average molecular weight is 257 g/mol. The summed E-state index contributed by atoms with van der Waals surface area (Å²) in [6, 6.07) is 3.45. The smallest absolute Gasteiger partial charge is 0.130 e. The van der Waals surface area contributed by atoms with Crippen LogP contribution in [0.15, 0.2) is 18.2 Å². The van der Waals surface area contributed by atoms with Gasteiger partial charge in [-0.3, -0.25) is 0 Å². The van der Waals surface area contributed by atoms with Crippen molar-refractivity contribution in [1.82, 2.24) is 5.32 Å². The van der Waals surface area contributed by atoms with E-state index in [0.29, 0.717) is 18.5 Å². The van der Waals surface area contributed by atoms with Crippen LogP contribution in [0.1, 0.15) is 44.7 Å². The van der Waals surface area contributed by atoms with Crippen molar-refractivity contribution in [2.24, 2.45) is 0 Å². The third-order valence-electron chi connectivity index (χ3n) is 2.99. The predicted molar refractivity (Wildman–Crippen MR) is 68.3 cm³/mol. The van der Waals surface area contributed by atoms with E-state index < -0.39 is 17.7 Å². The van der Waals surface area contributed by atoms with Gasteiger partial charge in [0, 0.05) is 24.2 Å². The zero-order chi connectivity index (χ0) is 13.5. The van der Waals surface area contributed by atoms with Gasteiger partial charge in [-0.15, -0.1) is 0 Å². The maximum Gasteiger partial charge on any atom is 0.130 e. The van der Waals surface area contributed by atoms with Crippen molar-refractivity contribution in [2.45, 2.75) is 45.3 Å². The molecule has 0 saturated heterocycles. The number of halogens is 2. The van der Waals surface area contributed by atoms with Crippen LogP contribution >= 0.6 is 0 Å². The van der Waals surface area contributed by atoms with Crippen molar-refractivity contribution in [3.63, 3.8) is 0 Å². The largest absolute Gasteiger partial charge is 0.392 e. The Morgan fingerprint density at radius 1 is 1.28 bits per heavy atom. The number of aliphatic hydroxyl groups excluding tert-OH is 1. The topological polar surface area (TPSA) is 32.3 Å². The van der Waals surface area contributed by atoms with Gasteiger partial charge in [0.15, 0.2) is 0 Å². The van der Waals surface area contributed by atoms with Crippen molar-refractivity contribution in [3.8, 4) is 0 Å². The molecule has 2 nitrogen and oxygen atoms in total. The van der Waals surface area contributed by atoms with E-state index in [4.69, 9.17) is 0 Å². The highest BCUT2D eigenvalue weighted by Gasteiger charge is 2.16. The molecule has 0 bridgehead atoms. The van der Waals surface area contributed by atoms with Gasteiger partial charge in [0.25, 0.3) is 0 Å². The molecular formula is C14H21F2NO. The third kappa shape index (κ3) is 4.35. The summed E-state index contributed by atoms with van der Waals surface area (Å²) in [6.45, 7) is 4.31. The lowest BCUT2D eigenvalue weighted by molar-refractivity contribution is 0.161. The van der Waals surface area contributed by atoms with Crippen LogP contribution in [-0.2, 0) is 0 Å². The van der Waals surface area contributed by atoms with Crippen LogP contribution in [0.4, 0.5) is 8.78 Å². The van der Waals surface area contributed by atoms with Gasteiger partial charge in [0.05, 0.1) is 6.10 Å². The highest BCUT2D eigenvalue weighted by Crippen LogP contribution is 2.22. The molecular weight excluding hydrogens is 236 g/mol. The third-order valence-corrected chi connectivity index (χ3v) is 2.99. The molecule has 2 N–H and O–H groups in total. The molecule has 102 valence electrons. The Bertz CT molecular complexity index is 371. The van der Waals surface area contributed by atoms with Gasteiger partial charge in [0.1, 0.15) is 11.6 Å². The zero-order valence-electron chi connectivity index (χ0n) is 10.9. The van der Waals surface area contributed by atoms with Crippen molar-refractivity contribution < 1.29 is 13.9 Å². The second kappa shape index (κ2) is 7.44. The molecule has 0 spiro atoms. The molecule has 1 rings (SSSR count). The molecule has 0 aromatic heterocycles. The van der Waals surface area contributed by atoms with Gasteiger partial charge in [-0.25, -0.2) is 8.78 Å². The van der Waals surface area contributed by atoms with E-state index in [9.17, 15) is 13.9 Å². The molecule has 1 aromatic carbocycles. The van der Waals surface area contributed by atoms with E-state index in [-0.39, 0.29) is 6.04 Å². The predicted octanol–water partition coefficient (Wildman–Crippen LogP) is 3.17. The van der Waals surface area contributed by atoms with Crippen LogP contribution in [0.2, 0.25) is 0 Å². The highest BCUT2D eigenvalue weighted by molar-refractivity contribution is 5.22. The number of hydrogen-bond donors (Lipinski definition) is 2. The lowest BCUT2D eigenvalue weighted by Gasteiger charge is -2.21. The molecule has 0 saturated carbocycles. The lowest BCUT2D eigenvalue weighted by atomic mass is 10.0. The molecule has 0 amide bonds. The van der Waals surface area contributed by atoms with Crippen molar-refractivity contribution in [3.05, 3.63) is 35.4 Å². The fraction of sp³-hybridized carbons (Fsp3) is 0.571. The van der Waals surface area contributed by atoms with Crippen molar-refractivity contribution in [1.29, 1.82) is 0 Å². The maximum absolute atomic E-state index is 13.7. The fourth-order valence-electron chi connectivity index (χ4n) is 1.86. The van der Waals surface area contributed by atoms with E-state index in [1.54, 1.807) is 0 Å². The molecule has 0 aliphatic rings. The summed E-state index contributed by atoms with van der Waals surface area (Å²) >= 11 is 0. The first-order chi connectivity index (χ1) is 8.58. The van der Waals surface area contributed by atoms with Gasteiger partial charge >= 0.3 is 0 Å². The SMILES string of the molecule is CCCC(NC[C@H](O)CC)c1ccc(F)cc1F. The summed E-state index contributed by atoms with van der Waals surface area (Å²) in [7, 11) is 0. The van der Waals surface area contributed by atoms with E-state index in [2.05, 4.69) is 5.32 Å². The minimum atomic E-state index is -0.569. The second-order valence-electron chi connectivity index (χ2n) is 4.48. The summed E-state index contributed by atoms with van der Waals surface area (Å²) < 4.78 is 26.6. The molecule has 1 unspecified atom stereocenters. The Kier molecular flexibility index (Phi) is 6.22. The second-order valence-corrected chi connectivity index (χ2v) is 4.48. The van der Waals surface area contributed by atoms with Crippen LogP contribution in [0.25, 0.3) is 0 Å². The molecule has 0 aliphatic heterocycles. The Morgan fingerprint density at radius 2 is 2.00 bits per heavy atom. The van der Waals surface area contributed by atoms with Gasteiger partial charge in [-0.1, -0.05) is 26.3 Å². The summed E-state index contributed by atoms with van der Waals surface area (Å²) in [4.78, 5) is 0. The van der Waals surface area contributed by atoms with Gasteiger partial charge < -0.3 is 10.4 Å². The normalized spacial score (nSPS) is 14.5. The molecule has 0 aliphatic carbocycles. The number of nitrogens with one attached hydrogen (secondary N) is 1. The number of aliphatic hydroxyl groups is 1. The zero-order valence-corrected chi connectivity index (χ0v) is 10.9. The van der Waals surface area contributed by atoms with Crippen molar-refractivity contribution >= 4 is 0 Å². The first-order valence-corrected chi connectivity index (χ1v) is 6.44. The molecule has 4 heteroatoms. The monoisotopic (exact) mass is 257 g/mol. The Morgan fingerprint density at radius 3 is 2.56 bits per heavy atom. The molecule has 2 atom stereocenters. The van der Waals surface area contributed by atoms with E-state index in [1.807, 2.05) is 13.8 Å². The Hall–Kier alpha value is -1.00. The maximum atomic E-state index is 13.7. The van der Waals surface area contributed by atoms with Crippen LogP contribution in [0.5, 0.6) is 0 Å². The fourth-order valence-corrected chi connectivity index (χ4v) is 1.86. The highest BCUT2D eigenvalue weighted by atomic mass is 19.1. The number of rotatable bonds is 7. The van der Waals surface area contributed by atoms with Crippen LogP contribution in [0, 0.1) is 11.6 Å².